The van der Waals surface area contributed by atoms with Crippen LogP contribution in [0.5, 0.6) is 0 Å². The third kappa shape index (κ3) is 4.33. The zero-order valence-electron chi connectivity index (χ0n) is 12.4. The molecule has 1 heterocycles. The van der Waals surface area contributed by atoms with Gasteiger partial charge in [-0.3, -0.25) is 0 Å². The quantitative estimate of drug-likeness (QED) is 0.867. The van der Waals surface area contributed by atoms with Crippen molar-refractivity contribution >= 4 is 10.0 Å². The minimum atomic E-state index is -3.47. The summed E-state index contributed by atoms with van der Waals surface area (Å²) in [5.74, 6) is 0. The fourth-order valence-corrected chi connectivity index (χ4v) is 3.02. The van der Waals surface area contributed by atoms with Gasteiger partial charge in [0.25, 0.3) is 0 Å². The maximum absolute atomic E-state index is 12.2. The van der Waals surface area contributed by atoms with Gasteiger partial charge in [0.05, 0.1) is 4.90 Å². The van der Waals surface area contributed by atoms with Gasteiger partial charge in [-0.05, 0) is 25.3 Å². The first-order valence-electron chi connectivity index (χ1n) is 6.47. The van der Waals surface area contributed by atoms with Gasteiger partial charge in [0.1, 0.15) is 0 Å². The third-order valence-corrected chi connectivity index (χ3v) is 4.14. The molecule has 1 rings (SSSR count). The lowest BCUT2D eigenvalue weighted by molar-refractivity contribution is 0.407. The summed E-state index contributed by atoms with van der Waals surface area (Å²) in [5.41, 5.74) is 6.38. The summed E-state index contributed by atoms with van der Waals surface area (Å²) >= 11 is 0. The summed E-state index contributed by atoms with van der Waals surface area (Å²) in [6, 6.07) is 1.83. The molecule has 0 spiro atoms. The van der Waals surface area contributed by atoms with Crippen molar-refractivity contribution in [2.24, 2.45) is 11.1 Å². The second-order valence-corrected chi connectivity index (χ2v) is 8.02. The lowest BCUT2D eigenvalue weighted by Gasteiger charge is -2.18. The summed E-state index contributed by atoms with van der Waals surface area (Å²) in [5, 5.41) is 0. The Morgan fingerprint density at radius 2 is 1.95 bits per heavy atom. The standard InChI is InChI=1S/C13H25N3O2S/c1-10(2)16-8-12(6-11(16)7-14)19(17,18)15-9-13(3,4)5/h6,8,10,15H,7,9,14H2,1-5H3. The van der Waals surface area contributed by atoms with Crippen LogP contribution in [0.15, 0.2) is 17.2 Å². The van der Waals surface area contributed by atoms with Crippen molar-refractivity contribution in [2.45, 2.75) is 52.1 Å². The van der Waals surface area contributed by atoms with Crippen LogP contribution in [0.4, 0.5) is 0 Å². The fraction of sp³-hybridized carbons (Fsp3) is 0.692. The Labute approximate surface area is 116 Å². The van der Waals surface area contributed by atoms with Gasteiger partial charge in [0.2, 0.25) is 10.0 Å². The van der Waals surface area contributed by atoms with Crippen molar-refractivity contribution in [3.05, 3.63) is 18.0 Å². The van der Waals surface area contributed by atoms with Crippen molar-refractivity contribution in [3.63, 3.8) is 0 Å². The smallest absolute Gasteiger partial charge is 0.242 e. The minimum Gasteiger partial charge on any atom is -0.346 e. The normalized spacial score (nSPS) is 13.2. The topological polar surface area (TPSA) is 77.1 Å². The zero-order valence-corrected chi connectivity index (χ0v) is 13.2. The second kappa shape index (κ2) is 5.64. The van der Waals surface area contributed by atoms with E-state index in [2.05, 4.69) is 4.72 Å². The number of nitrogens with zero attached hydrogens (tertiary/aromatic N) is 1. The summed E-state index contributed by atoms with van der Waals surface area (Å²) in [4.78, 5) is 0.283. The molecule has 0 fully saturated rings. The molecule has 0 bridgehead atoms. The molecule has 0 saturated carbocycles. The molecule has 5 nitrogen and oxygen atoms in total. The molecule has 6 heteroatoms. The van der Waals surface area contributed by atoms with Crippen LogP contribution in [0, 0.1) is 5.41 Å². The van der Waals surface area contributed by atoms with Gasteiger partial charge in [0, 0.05) is 31.0 Å². The molecule has 0 aliphatic heterocycles. The number of aromatic nitrogens is 1. The molecule has 1 aromatic rings. The van der Waals surface area contributed by atoms with E-state index < -0.39 is 10.0 Å². The van der Waals surface area contributed by atoms with Crippen LogP contribution in [0.2, 0.25) is 0 Å². The lowest BCUT2D eigenvalue weighted by Crippen LogP contribution is -2.32. The molecular weight excluding hydrogens is 262 g/mol. The number of sulfonamides is 1. The van der Waals surface area contributed by atoms with E-state index >= 15 is 0 Å². The Balaban J connectivity index is 3.02. The molecule has 0 saturated heterocycles. The Morgan fingerprint density at radius 3 is 2.32 bits per heavy atom. The highest BCUT2D eigenvalue weighted by Crippen LogP contribution is 2.19. The predicted octanol–water partition coefficient (Wildman–Crippen LogP) is 1.85. The molecule has 0 aliphatic carbocycles. The second-order valence-electron chi connectivity index (χ2n) is 6.26. The predicted molar refractivity (Wildman–Crippen MR) is 77.4 cm³/mol. The van der Waals surface area contributed by atoms with Gasteiger partial charge in [-0.2, -0.15) is 0 Å². The molecule has 0 aliphatic rings. The number of nitrogens with one attached hydrogen (secondary N) is 1. The summed E-state index contributed by atoms with van der Waals surface area (Å²) < 4.78 is 29.0. The monoisotopic (exact) mass is 287 g/mol. The van der Waals surface area contributed by atoms with Gasteiger partial charge in [-0.1, -0.05) is 20.8 Å². The molecule has 0 amide bonds. The van der Waals surface area contributed by atoms with Crippen LogP contribution < -0.4 is 10.5 Å². The van der Waals surface area contributed by atoms with Crippen LogP contribution in [0.25, 0.3) is 0 Å². The van der Waals surface area contributed by atoms with E-state index in [4.69, 9.17) is 5.73 Å². The molecule has 110 valence electrons. The van der Waals surface area contributed by atoms with E-state index in [1.165, 1.54) is 0 Å². The first-order valence-corrected chi connectivity index (χ1v) is 7.95. The molecule has 0 aromatic carbocycles. The first kappa shape index (κ1) is 16.2. The van der Waals surface area contributed by atoms with Crippen molar-refractivity contribution in [1.82, 2.24) is 9.29 Å². The molecular formula is C13H25N3O2S. The first-order chi connectivity index (χ1) is 8.57. The van der Waals surface area contributed by atoms with E-state index in [1.54, 1.807) is 12.3 Å². The molecule has 0 atom stereocenters. The van der Waals surface area contributed by atoms with Crippen molar-refractivity contribution in [2.75, 3.05) is 6.54 Å². The van der Waals surface area contributed by atoms with Crippen molar-refractivity contribution in [3.8, 4) is 0 Å². The van der Waals surface area contributed by atoms with E-state index in [1.807, 2.05) is 39.2 Å². The average Bonchev–Trinajstić information content (AvgIpc) is 2.70. The maximum atomic E-state index is 12.2. The Kier molecular flexibility index (Phi) is 4.81. The van der Waals surface area contributed by atoms with Crippen LogP contribution in [0.3, 0.4) is 0 Å². The SMILES string of the molecule is CC(C)n1cc(S(=O)(=O)NCC(C)(C)C)cc1CN. The molecule has 3 N–H and O–H groups in total. The largest absolute Gasteiger partial charge is 0.346 e. The van der Waals surface area contributed by atoms with Crippen molar-refractivity contribution in [1.29, 1.82) is 0 Å². The number of rotatable bonds is 5. The highest BCUT2D eigenvalue weighted by atomic mass is 32.2. The fourth-order valence-electron chi connectivity index (χ4n) is 1.68. The Hall–Kier alpha value is -0.850. The molecule has 0 unspecified atom stereocenters. The van der Waals surface area contributed by atoms with Gasteiger partial charge in [-0.25, -0.2) is 13.1 Å². The van der Waals surface area contributed by atoms with Gasteiger partial charge in [-0.15, -0.1) is 0 Å². The maximum Gasteiger partial charge on any atom is 0.242 e. The minimum absolute atomic E-state index is 0.0929. The van der Waals surface area contributed by atoms with Crippen LogP contribution in [-0.4, -0.2) is 19.5 Å². The van der Waals surface area contributed by atoms with Crippen molar-refractivity contribution < 1.29 is 8.42 Å². The van der Waals surface area contributed by atoms with Crippen LogP contribution in [0.1, 0.15) is 46.4 Å². The Morgan fingerprint density at radius 1 is 1.37 bits per heavy atom. The van der Waals surface area contributed by atoms with E-state index in [0.29, 0.717) is 13.1 Å². The van der Waals surface area contributed by atoms with Gasteiger partial charge < -0.3 is 10.3 Å². The van der Waals surface area contributed by atoms with Crippen LogP contribution >= 0.6 is 0 Å². The van der Waals surface area contributed by atoms with Crippen LogP contribution in [-0.2, 0) is 16.6 Å². The molecule has 1 aromatic heterocycles. The van der Waals surface area contributed by atoms with E-state index in [0.717, 1.165) is 5.69 Å². The highest BCUT2D eigenvalue weighted by Gasteiger charge is 2.21. The average molecular weight is 287 g/mol. The summed E-state index contributed by atoms with van der Waals surface area (Å²) in [7, 11) is -3.47. The third-order valence-electron chi connectivity index (χ3n) is 2.78. The summed E-state index contributed by atoms with van der Waals surface area (Å²) in [6.45, 7) is 10.7. The Bertz CT molecular complexity index is 525. The van der Waals surface area contributed by atoms with Gasteiger partial charge in [0.15, 0.2) is 0 Å². The highest BCUT2D eigenvalue weighted by molar-refractivity contribution is 7.89. The van der Waals surface area contributed by atoms with E-state index in [-0.39, 0.29) is 16.4 Å². The number of hydrogen-bond donors (Lipinski definition) is 2. The number of nitrogens with two attached hydrogens (primary N) is 1. The summed E-state index contributed by atoms with van der Waals surface area (Å²) in [6.07, 6.45) is 1.65. The molecule has 19 heavy (non-hydrogen) atoms. The lowest BCUT2D eigenvalue weighted by atomic mass is 9.98. The van der Waals surface area contributed by atoms with E-state index in [9.17, 15) is 8.42 Å². The number of hydrogen-bond acceptors (Lipinski definition) is 3. The zero-order chi connectivity index (χ0) is 14.8. The van der Waals surface area contributed by atoms with Gasteiger partial charge >= 0.3 is 0 Å². The molecule has 0 radical (unpaired) electrons.